The van der Waals surface area contributed by atoms with Crippen molar-refractivity contribution in [2.75, 3.05) is 13.1 Å². The summed E-state index contributed by atoms with van der Waals surface area (Å²) in [6.45, 7) is 0.934. The Labute approximate surface area is 208 Å². The van der Waals surface area contributed by atoms with Crippen molar-refractivity contribution in [3.8, 4) is 0 Å². The summed E-state index contributed by atoms with van der Waals surface area (Å²) in [5, 5.41) is 0. The average molecular weight is 510 g/mol. The van der Waals surface area contributed by atoms with Gasteiger partial charge in [0.05, 0.1) is 4.90 Å². The number of benzene rings is 2. The predicted octanol–water partition coefficient (Wildman–Crippen LogP) is 3.93. The van der Waals surface area contributed by atoms with E-state index in [4.69, 9.17) is 0 Å². The van der Waals surface area contributed by atoms with Crippen molar-refractivity contribution in [3.05, 3.63) is 104 Å². The van der Waals surface area contributed by atoms with E-state index in [1.54, 1.807) is 6.07 Å². The fourth-order valence-electron chi connectivity index (χ4n) is 5.19. The lowest BCUT2D eigenvalue weighted by atomic mass is 9.83. The first-order valence-corrected chi connectivity index (χ1v) is 13.7. The number of hydrogen-bond donors (Lipinski definition) is 2. The number of nitrogens with one attached hydrogen (secondary N) is 2. The first-order chi connectivity index (χ1) is 17.3. The highest BCUT2D eigenvalue weighted by Gasteiger charge is 2.29. The van der Waals surface area contributed by atoms with Crippen molar-refractivity contribution in [2.45, 2.75) is 49.3 Å². The first kappa shape index (κ1) is 24.4. The van der Waals surface area contributed by atoms with Crippen LogP contribution in [0, 0.1) is 5.82 Å². The van der Waals surface area contributed by atoms with Crippen molar-refractivity contribution in [1.82, 2.24) is 14.3 Å². The van der Waals surface area contributed by atoms with Gasteiger partial charge in [-0.25, -0.2) is 17.6 Å². The number of H-pyrrole nitrogens is 2. The minimum absolute atomic E-state index is 0.0217. The molecule has 2 aromatic carbocycles. The smallest absolute Gasteiger partial charge is 0.311 e. The lowest BCUT2D eigenvalue weighted by Gasteiger charge is -2.24. The van der Waals surface area contributed by atoms with Crippen molar-refractivity contribution < 1.29 is 12.8 Å². The second-order valence-corrected chi connectivity index (χ2v) is 11.4. The van der Waals surface area contributed by atoms with Gasteiger partial charge >= 0.3 is 5.69 Å². The number of hydrogen-bond acceptors (Lipinski definition) is 4. The summed E-state index contributed by atoms with van der Waals surface area (Å²) in [6.07, 6.45) is 5.66. The van der Waals surface area contributed by atoms with Crippen LogP contribution in [0.15, 0.2) is 69.1 Å². The summed E-state index contributed by atoms with van der Waals surface area (Å²) in [4.78, 5) is 29.9. The Morgan fingerprint density at radius 2 is 1.75 bits per heavy atom. The van der Waals surface area contributed by atoms with E-state index in [1.165, 1.54) is 10.4 Å². The number of allylic oxidation sites excluding steroid dienone is 2. The molecule has 2 heterocycles. The van der Waals surface area contributed by atoms with E-state index in [0.717, 1.165) is 30.0 Å². The molecule has 1 fully saturated rings. The van der Waals surface area contributed by atoms with Crippen LogP contribution in [-0.2, 0) is 16.4 Å². The first-order valence-electron chi connectivity index (χ1n) is 12.2. The average Bonchev–Trinajstić information content (AvgIpc) is 3.42. The maximum absolute atomic E-state index is 15.1. The molecule has 7 nitrogen and oxygen atoms in total. The molecule has 9 heteroatoms. The zero-order valence-electron chi connectivity index (χ0n) is 19.8. The van der Waals surface area contributed by atoms with Crippen LogP contribution in [0.1, 0.15) is 60.4 Å². The summed E-state index contributed by atoms with van der Waals surface area (Å²) in [6, 6.07) is 13.7. The van der Waals surface area contributed by atoms with E-state index in [1.807, 2.05) is 36.4 Å². The summed E-state index contributed by atoms with van der Waals surface area (Å²) in [5.41, 5.74) is 2.37. The third kappa shape index (κ3) is 4.85. The molecule has 0 radical (unpaired) electrons. The molecule has 1 atom stereocenters. The van der Waals surface area contributed by atoms with E-state index < -0.39 is 27.1 Å². The molecule has 5 rings (SSSR count). The summed E-state index contributed by atoms with van der Waals surface area (Å²) < 4.78 is 42.0. The number of aromatic nitrogens is 2. The minimum atomic E-state index is -3.68. The molecule has 1 aliphatic carbocycles. The van der Waals surface area contributed by atoms with Gasteiger partial charge in [0.15, 0.2) is 0 Å². The fourth-order valence-corrected chi connectivity index (χ4v) is 6.72. The molecule has 1 aromatic heterocycles. The molecule has 1 saturated heterocycles. The van der Waals surface area contributed by atoms with Crippen LogP contribution in [0.3, 0.4) is 0 Å². The molecule has 0 bridgehead atoms. The molecular weight excluding hydrogens is 481 g/mol. The van der Waals surface area contributed by atoms with E-state index in [-0.39, 0.29) is 10.8 Å². The molecule has 1 aliphatic heterocycles. The highest BCUT2D eigenvalue weighted by Crippen LogP contribution is 2.37. The van der Waals surface area contributed by atoms with Crippen LogP contribution in [0.2, 0.25) is 0 Å². The van der Waals surface area contributed by atoms with Gasteiger partial charge in [0.2, 0.25) is 10.0 Å². The minimum Gasteiger partial charge on any atom is -0.311 e. The van der Waals surface area contributed by atoms with E-state index in [2.05, 4.69) is 9.97 Å². The van der Waals surface area contributed by atoms with Gasteiger partial charge in [-0.05, 0) is 55.4 Å². The van der Waals surface area contributed by atoms with Crippen molar-refractivity contribution in [1.29, 1.82) is 0 Å². The van der Waals surface area contributed by atoms with Gasteiger partial charge < -0.3 is 4.98 Å². The SMILES string of the molecule is O=c1[nH]c(C2CC=C(c3ccc(S(=O)(=O)N4CCCC4)cc3F)CC2)c(Cc2ccccc2)c(=O)[nH]1. The molecule has 2 aliphatic rings. The predicted molar refractivity (Wildman–Crippen MR) is 136 cm³/mol. The third-order valence-electron chi connectivity index (χ3n) is 7.11. The normalized spacial score (nSPS) is 18.8. The van der Waals surface area contributed by atoms with Gasteiger partial charge in [0, 0.05) is 42.2 Å². The number of halogens is 1. The van der Waals surface area contributed by atoms with Gasteiger partial charge in [-0.3, -0.25) is 9.78 Å². The van der Waals surface area contributed by atoms with Gasteiger partial charge in [-0.2, -0.15) is 4.31 Å². The van der Waals surface area contributed by atoms with Crippen LogP contribution < -0.4 is 11.2 Å². The Morgan fingerprint density at radius 3 is 2.42 bits per heavy atom. The van der Waals surface area contributed by atoms with Gasteiger partial charge in [-0.1, -0.05) is 42.5 Å². The molecule has 2 N–H and O–H groups in total. The highest BCUT2D eigenvalue weighted by atomic mass is 32.2. The van der Waals surface area contributed by atoms with Gasteiger partial charge in [0.25, 0.3) is 5.56 Å². The van der Waals surface area contributed by atoms with Crippen LogP contribution >= 0.6 is 0 Å². The van der Waals surface area contributed by atoms with Gasteiger partial charge in [-0.15, -0.1) is 0 Å². The largest absolute Gasteiger partial charge is 0.325 e. The number of sulfonamides is 1. The molecule has 0 amide bonds. The second kappa shape index (κ2) is 9.99. The zero-order valence-corrected chi connectivity index (χ0v) is 20.6. The molecule has 1 unspecified atom stereocenters. The maximum Gasteiger partial charge on any atom is 0.325 e. The number of rotatable bonds is 6. The molecule has 0 saturated carbocycles. The van der Waals surface area contributed by atoms with Crippen LogP contribution in [-0.4, -0.2) is 35.8 Å². The van der Waals surface area contributed by atoms with E-state index >= 15 is 4.39 Å². The zero-order chi connectivity index (χ0) is 25.3. The van der Waals surface area contributed by atoms with Crippen LogP contribution in [0.25, 0.3) is 5.57 Å². The molecule has 188 valence electrons. The van der Waals surface area contributed by atoms with Crippen molar-refractivity contribution in [2.24, 2.45) is 0 Å². The number of nitrogens with zero attached hydrogens (tertiary/aromatic N) is 1. The Balaban J connectivity index is 1.39. The monoisotopic (exact) mass is 509 g/mol. The molecule has 3 aromatic rings. The standard InChI is InChI=1S/C27H28FN3O4S/c28-24-17-21(36(34,35)31-14-4-5-15-31)12-13-22(24)19-8-10-20(11-9-19)25-23(26(32)30-27(33)29-25)16-18-6-2-1-3-7-18/h1-3,6-8,12-13,17,20H,4-5,9-11,14-16H2,(H2,29,30,32,33). The summed E-state index contributed by atoms with van der Waals surface area (Å²) in [5.74, 6) is -0.644. The van der Waals surface area contributed by atoms with Crippen molar-refractivity contribution >= 4 is 15.6 Å². The van der Waals surface area contributed by atoms with Crippen molar-refractivity contribution in [3.63, 3.8) is 0 Å². The van der Waals surface area contributed by atoms with E-state index in [9.17, 15) is 18.0 Å². The van der Waals surface area contributed by atoms with Crippen LogP contribution in [0.5, 0.6) is 0 Å². The molecule has 36 heavy (non-hydrogen) atoms. The number of aromatic amines is 2. The maximum atomic E-state index is 15.1. The van der Waals surface area contributed by atoms with E-state index in [0.29, 0.717) is 55.6 Å². The summed E-state index contributed by atoms with van der Waals surface area (Å²) >= 11 is 0. The quantitative estimate of drug-likeness (QED) is 0.526. The molecule has 0 spiro atoms. The Morgan fingerprint density at radius 1 is 1.00 bits per heavy atom. The topological polar surface area (TPSA) is 103 Å². The lowest BCUT2D eigenvalue weighted by molar-refractivity contribution is 0.476. The Bertz CT molecular complexity index is 1520. The fraction of sp³-hybridized carbons (Fsp3) is 0.333. The second-order valence-electron chi connectivity index (χ2n) is 9.42. The Hall–Kier alpha value is -3.30. The molecular formula is C27H28FN3O4S. The lowest BCUT2D eigenvalue weighted by Crippen LogP contribution is -2.30. The van der Waals surface area contributed by atoms with Crippen LogP contribution in [0.4, 0.5) is 4.39 Å². The Kier molecular flexibility index (Phi) is 6.77. The third-order valence-corrected chi connectivity index (χ3v) is 9.00. The van der Waals surface area contributed by atoms with Gasteiger partial charge in [0.1, 0.15) is 5.82 Å². The highest BCUT2D eigenvalue weighted by molar-refractivity contribution is 7.89. The summed E-state index contributed by atoms with van der Waals surface area (Å²) in [7, 11) is -3.68.